The fourth-order valence-corrected chi connectivity index (χ4v) is 3.68. The molecule has 0 spiro atoms. The second-order valence-electron chi connectivity index (χ2n) is 6.90. The second kappa shape index (κ2) is 11.1. The molecule has 2 aromatic carbocycles. The van der Waals surface area contributed by atoms with Crippen molar-refractivity contribution in [1.82, 2.24) is 10.2 Å². The third kappa shape index (κ3) is 7.21. The van der Waals surface area contributed by atoms with E-state index in [1.165, 1.54) is 0 Å². The van der Waals surface area contributed by atoms with Crippen molar-refractivity contribution < 1.29 is 9.59 Å². The molecule has 1 N–H and O–H groups in total. The molecule has 2 amide bonds. The number of thioether (sulfide) groups is 1. The van der Waals surface area contributed by atoms with Crippen molar-refractivity contribution in [2.24, 2.45) is 0 Å². The van der Waals surface area contributed by atoms with Gasteiger partial charge in [-0.05, 0) is 50.6 Å². The highest BCUT2D eigenvalue weighted by molar-refractivity contribution is 7.99. The zero-order valence-electron chi connectivity index (χ0n) is 16.5. The van der Waals surface area contributed by atoms with Gasteiger partial charge in [0.2, 0.25) is 11.8 Å². The summed E-state index contributed by atoms with van der Waals surface area (Å²) < 4.78 is 0. The molecule has 0 heterocycles. The molecule has 6 heteroatoms. The molecule has 0 aliphatic heterocycles. The van der Waals surface area contributed by atoms with E-state index in [2.05, 4.69) is 5.32 Å². The van der Waals surface area contributed by atoms with Crippen molar-refractivity contribution in [1.29, 1.82) is 0 Å². The summed E-state index contributed by atoms with van der Waals surface area (Å²) in [5.74, 6) is 0.483. The van der Waals surface area contributed by atoms with E-state index in [9.17, 15) is 9.59 Å². The van der Waals surface area contributed by atoms with Crippen molar-refractivity contribution in [2.45, 2.75) is 50.7 Å². The number of halogens is 1. The van der Waals surface area contributed by atoms with Crippen molar-refractivity contribution in [3.05, 3.63) is 65.2 Å². The van der Waals surface area contributed by atoms with Crippen LogP contribution in [0.1, 0.15) is 32.8 Å². The first-order chi connectivity index (χ1) is 13.4. The third-order valence-electron chi connectivity index (χ3n) is 4.19. The molecule has 0 aliphatic carbocycles. The van der Waals surface area contributed by atoms with Gasteiger partial charge in [0.1, 0.15) is 6.04 Å². The molecule has 28 heavy (non-hydrogen) atoms. The molecule has 4 nitrogen and oxygen atoms in total. The molecule has 0 aliphatic rings. The maximum Gasteiger partial charge on any atom is 0.242 e. The molecule has 2 aromatic rings. The van der Waals surface area contributed by atoms with Crippen LogP contribution in [0.4, 0.5) is 0 Å². The maximum atomic E-state index is 12.9. The summed E-state index contributed by atoms with van der Waals surface area (Å²) in [4.78, 5) is 28.2. The summed E-state index contributed by atoms with van der Waals surface area (Å²) >= 11 is 7.60. The number of carbonyl (C=O) groups excluding carboxylic acids is 2. The second-order valence-corrected chi connectivity index (χ2v) is 8.50. The quantitative estimate of drug-likeness (QED) is 0.597. The summed E-state index contributed by atoms with van der Waals surface area (Å²) in [7, 11) is 0. The Morgan fingerprint density at radius 1 is 1.04 bits per heavy atom. The number of nitrogens with one attached hydrogen (secondary N) is 1. The van der Waals surface area contributed by atoms with Gasteiger partial charge in [0.25, 0.3) is 0 Å². The SMILES string of the molecule is CC(C)NC(=O)C(C)N(Cc1ccc(Cl)cc1)C(=O)CCSc1ccccc1. The minimum absolute atomic E-state index is 0.0241. The molecule has 0 saturated carbocycles. The number of benzene rings is 2. The standard InChI is InChI=1S/C22H27ClN2O2S/c1-16(2)24-22(27)17(3)25(15-18-9-11-19(23)12-10-18)21(26)13-14-28-20-7-5-4-6-8-20/h4-12,16-17H,13-15H2,1-3H3,(H,24,27). The summed E-state index contributed by atoms with van der Waals surface area (Å²) in [6, 6.07) is 16.8. The van der Waals surface area contributed by atoms with Crippen LogP contribution >= 0.6 is 23.4 Å². The summed E-state index contributed by atoms with van der Waals surface area (Å²) in [5.41, 5.74) is 0.942. The molecule has 1 atom stereocenters. The van der Waals surface area contributed by atoms with E-state index in [1.54, 1.807) is 35.7 Å². The predicted octanol–water partition coefficient (Wildman–Crippen LogP) is 4.76. The van der Waals surface area contributed by atoms with E-state index >= 15 is 0 Å². The first kappa shape index (κ1) is 22.3. The Bertz CT molecular complexity index is 766. The van der Waals surface area contributed by atoms with Gasteiger partial charge >= 0.3 is 0 Å². The van der Waals surface area contributed by atoms with E-state index in [0.29, 0.717) is 23.7 Å². The molecule has 150 valence electrons. The number of hydrogen-bond acceptors (Lipinski definition) is 3. The van der Waals surface area contributed by atoms with Gasteiger partial charge in [-0.25, -0.2) is 0 Å². The lowest BCUT2D eigenvalue weighted by Gasteiger charge is -2.29. The van der Waals surface area contributed by atoms with Gasteiger partial charge < -0.3 is 10.2 Å². The fourth-order valence-electron chi connectivity index (χ4n) is 2.69. The minimum atomic E-state index is -0.549. The van der Waals surface area contributed by atoms with Crippen molar-refractivity contribution >= 4 is 35.2 Å². The lowest BCUT2D eigenvalue weighted by Crippen LogP contribution is -2.49. The Balaban J connectivity index is 2.05. The number of amides is 2. The van der Waals surface area contributed by atoms with Gasteiger partial charge in [-0.2, -0.15) is 0 Å². The number of hydrogen-bond donors (Lipinski definition) is 1. The van der Waals surface area contributed by atoms with E-state index in [4.69, 9.17) is 11.6 Å². The first-order valence-corrected chi connectivity index (χ1v) is 10.8. The van der Waals surface area contributed by atoms with Gasteiger partial charge in [0.15, 0.2) is 0 Å². The van der Waals surface area contributed by atoms with Crippen LogP contribution in [0.25, 0.3) is 0 Å². The van der Waals surface area contributed by atoms with Gasteiger partial charge in [-0.15, -0.1) is 11.8 Å². The molecule has 0 saturated heterocycles. The summed E-state index contributed by atoms with van der Waals surface area (Å²) in [6.07, 6.45) is 0.368. The minimum Gasteiger partial charge on any atom is -0.352 e. The van der Waals surface area contributed by atoms with Crippen LogP contribution < -0.4 is 5.32 Å². The van der Waals surface area contributed by atoms with E-state index in [-0.39, 0.29) is 17.9 Å². The molecular formula is C22H27ClN2O2S. The van der Waals surface area contributed by atoms with E-state index in [0.717, 1.165) is 10.5 Å². The monoisotopic (exact) mass is 418 g/mol. The Kier molecular flexibility index (Phi) is 8.87. The molecule has 0 fully saturated rings. The highest BCUT2D eigenvalue weighted by Gasteiger charge is 2.26. The van der Waals surface area contributed by atoms with Crippen LogP contribution in [0, 0.1) is 0 Å². The maximum absolute atomic E-state index is 12.9. The normalized spacial score (nSPS) is 11.9. The average Bonchev–Trinajstić information content (AvgIpc) is 2.67. The largest absolute Gasteiger partial charge is 0.352 e. The molecular weight excluding hydrogens is 392 g/mol. The van der Waals surface area contributed by atoms with Crippen molar-refractivity contribution in [3.8, 4) is 0 Å². The first-order valence-electron chi connectivity index (χ1n) is 9.39. The van der Waals surface area contributed by atoms with Gasteiger partial charge in [0.05, 0.1) is 0 Å². The van der Waals surface area contributed by atoms with E-state index < -0.39 is 6.04 Å². The Labute approximate surface area is 176 Å². The highest BCUT2D eigenvalue weighted by Crippen LogP contribution is 2.20. The smallest absolute Gasteiger partial charge is 0.242 e. The Hall–Kier alpha value is -1.98. The molecule has 1 unspecified atom stereocenters. The molecule has 2 rings (SSSR count). The lowest BCUT2D eigenvalue weighted by atomic mass is 10.1. The van der Waals surface area contributed by atoms with Crippen LogP contribution in [0.15, 0.2) is 59.5 Å². The third-order valence-corrected chi connectivity index (χ3v) is 5.46. The number of nitrogens with zero attached hydrogens (tertiary/aromatic N) is 1. The highest BCUT2D eigenvalue weighted by atomic mass is 35.5. The summed E-state index contributed by atoms with van der Waals surface area (Å²) in [5, 5.41) is 3.54. The van der Waals surface area contributed by atoms with Crippen molar-refractivity contribution in [3.63, 3.8) is 0 Å². The van der Waals surface area contributed by atoms with Gasteiger partial charge in [-0.1, -0.05) is 41.9 Å². The lowest BCUT2D eigenvalue weighted by molar-refractivity contribution is -0.140. The Morgan fingerprint density at radius 3 is 2.29 bits per heavy atom. The van der Waals surface area contributed by atoms with Crippen LogP contribution in [0.2, 0.25) is 5.02 Å². The number of rotatable bonds is 9. The average molecular weight is 419 g/mol. The molecule has 0 aromatic heterocycles. The van der Waals surface area contributed by atoms with Crippen LogP contribution in [-0.4, -0.2) is 34.6 Å². The molecule has 0 bridgehead atoms. The topological polar surface area (TPSA) is 49.4 Å². The predicted molar refractivity (Wildman–Crippen MR) is 117 cm³/mol. The van der Waals surface area contributed by atoms with Crippen LogP contribution in [0.5, 0.6) is 0 Å². The zero-order valence-corrected chi connectivity index (χ0v) is 18.1. The zero-order chi connectivity index (χ0) is 20.5. The Morgan fingerprint density at radius 2 is 1.68 bits per heavy atom. The number of carbonyl (C=O) groups is 2. The van der Waals surface area contributed by atoms with Crippen LogP contribution in [-0.2, 0) is 16.1 Å². The summed E-state index contributed by atoms with van der Waals surface area (Å²) in [6.45, 7) is 5.97. The van der Waals surface area contributed by atoms with Crippen molar-refractivity contribution in [2.75, 3.05) is 5.75 Å². The van der Waals surface area contributed by atoms with E-state index in [1.807, 2.05) is 56.3 Å². The van der Waals surface area contributed by atoms with Crippen LogP contribution in [0.3, 0.4) is 0 Å². The fraction of sp³-hybridized carbons (Fsp3) is 0.364. The van der Waals surface area contributed by atoms with Gasteiger partial charge in [0, 0.05) is 34.7 Å². The van der Waals surface area contributed by atoms with Gasteiger partial charge in [-0.3, -0.25) is 9.59 Å². The molecule has 0 radical (unpaired) electrons.